The van der Waals surface area contributed by atoms with Gasteiger partial charge >= 0.3 is 0 Å². The minimum atomic E-state index is -0.580. The van der Waals surface area contributed by atoms with Crippen LogP contribution in [-0.2, 0) is 17.6 Å². The molecule has 1 aromatic heterocycles. The average molecular weight is 489 g/mol. The molecule has 0 bridgehead atoms. The zero-order valence-electron chi connectivity index (χ0n) is 20.1. The quantitative estimate of drug-likeness (QED) is 0.193. The largest absolute Gasteiger partial charge is 0.492 e. The Labute approximate surface area is 205 Å². The van der Waals surface area contributed by atoms with Crippen molar-refractivity contribution < 1.29 is 14.9 Å². The van der Waals surface area contributed by atoms with Gasteiger partial charge in [0.1, 0.15) is 17.0 Å². The number of nitrogens with one attached hydrogen (secondary N) is 2. The van der Waals surface area contributed by atoms with Gasteiger partial charge in [-0.15, -0.1) is 11.3 Å². The molecule has 5 unspecified atom stereocenters. The number of nitrogens with two attached hydrogens (primary N) is 1. The third-order valence-corrected chi connectivity index (χ3v) is 7.97. The molecule has 0 spiro atoms. The molecule has 0 fully saturated rings. The van der Waals surface area contributed by atoms with Gasteiger partial charge in [0.2, 0.25) is 0 Å². The first-order chi connectivity index (χ1) is 16.5. The number of fused-ring (bicyclic) bond motifs is 2. The van der Waals surface area contributed by atoms with Crippen LogP contribution in [0.15, 0.2) is 33.7 Å². The van der Waals surface area contributed by atoms with E-state index in [0.29, 0.717) is 13.2 Å². The Morgan fingerprint density at radius 2 is 2.29 bits per heavy atom. The third kappa shape index (κ3) is 5.00. The van der Waals surface area contributed by atoms with Crippen LogP contribution in [0.4, 0.5) is 5.00 Å². The molecule has 2 aliphatic carbocycles. The van der Waals surface area contributed by atoms with Crippen LogP contribution < -0.4 is 16.5 Å². The smallest absolute Gasteiger partial charge is 0.140 e. The predicted molar refractivity (Wildman–Crippen MR) is 136 cm³/mol. The standard InChI is InChI=1S/C24H36N6O3S/c1-4-33-20-11-18-16(12-27-29-18)9-19(20)28-14(2)22-17-6-5-15(24(32)30(3)7-8-31)10-21(17)34-23(22)26-13-25/h9,11-16,18,24,28-29,31-32H,4-8,10H2,1-3H3,(H2,25,26). The van der Waals surface area contributed by atoms with E-state index in [1.54, 1.807) is 11.3 Å². The summed E-state index contributed by atoms with van der Waals surface area (Å²) in [5.41, 5.74) is 12.2. The van der Waals surface area contributed by atoms with E-state index in [0.717, 1.165) is 41.3 Å². The van der Waals surface area contributed by atoms with Gasteiger partial charge in [0.25, 0.3) is 0 Å². The van der Waals surface area contributed by atoms with Gasteiger partial charge in [0, 0.05) is 35.0 Å². The molecule has 9 nitrogen and oxygen atoms in total. The number of aliphatic imine (C=N–C) groups is 1. The van der Waals surface area contributed by atoms with Crippen LogP contribution in [0.2, 0.25) is 0 Å². The highest BCUT2D eigenvalue weighted by atomic mass is 32.1. The third-order valence-electron chi connectivity index (χ3n) is 6.79. The Morgan fingerprint density at radius 3 is 3.03 bits per heavy atom. The van der Waals surface area contributed by atoms with E-state index in [1.165, 1.54) is 16.8 Å². The molecule has 0 aromatic carbocycles. The maximum Gasteiger partial charge on any atom is 0.140 e. The number of aliphatic hydroxyl groups excluding tert-OH is 2. The van der Waals surface area contributed by atoms with Gasteiger partial charge < -0.3 is 31.4 Å². The van der Waals surface area contributed by atoms with Crippen molar-refractivity contribution in [1.82, 2.24) is 15.6 Å². The van der Waals surface area contributed by atoms with Crippen molar-refractivity contribution in [2.24, 2.45) is 27.7 Å². The van der Waals surface area contributed by atoms with Crippen LogP contribution in [0.25, 0.3) is 0 Å². The molecule has 5 atom stereocenters. The number of hydrogen-bond donors (Lipinski definition) is 5. The lowest BCUT2D eigenvalue weighted by Gasteiger charge is -2.33. The van der Waals surface area contributed by atoms with Gasteiger partial charge in [-0.05, 0) is 57.9 Å². The molecule has 186 valence electrons. The molecule has 10 heteroatoms. The molecular weight excluding hydrogens is 452 g/mol. The topological polar surface area (TPSA) is 128 Å². The highest BCUT2D eigenvalue weighted by molar-refractivity contribution is 7.16. The molecule has 1 aromatic rings. The molecule has 1 aliphatic heterocycles. The van der Waals surface area contributed by atoms with Crippen LogP contribution in [0, 0.1) is 11.8 Å². The van der Waals surface area contributed by atoms with Crippen LogP contribution in [0.3, 0.4) is 0 Å². The monoisotopic (exact) mass is 488 g/mol. The van der Waals surface area contributed by atoms with E-state index in [-0.39, 0.29) is 30.5 Å². The highest BCUT2D eigenvalue weighted by Gasteiger charge is 2.33. The van der Waals surface area contributed by atoms with E-state index in [1.807, 2.05) is 25.1 Å². The minimum absolute atomic E-state index is 0.00445. The number of likely N-dealkylation sites (N-methyl/N-ethyl adjacent to an activating group) is 1. The van der Waals surface area contributed by atoms with E-state index in [2.05, 4.69) is 39.9 Å². The second kappa shape index (κ2) is 10.9. The van der Waals surface area contributed by atoms with Crippen LogP contribution >= 0.6 is 11.3 Å². The number of hydrazone groups is 1. The van der Waals surface area contributed by atoms with Crippen LogP contribution in [-0.4, -0.2) is 66.7 Å². The van der Waals surface area contributed by atoms with Crippen molar-refractivity contribution >= 4 is 28.9 Å². The van der Waals surface area contributed by atoms with Gasteiger partial charge in [0.05, 0.1) is 37.3 Å². The molecule has 2 heterocycles. The van der Waals surface area contributed by atoms with Crippen molar-refractivity contribution in [2.45, 2.75) is 51.4 Å². The van der Waals surface area contributed by atoms with E-state index >= 15 is 0 Å². The molecule has 0 radical (unpaired) electrons. The van der Waals surface area contributed by atoms with Crippen molar-refractivity contribution in [3.8, 4) is 0 Å². The van der Waals surface area contributed by atoms with Gasteiger partial charge in [-0.25, -0.2) is 4.99 Å². The normalized spacial score (nSPS) is 25.4. The fraction of sp³-hybridized carbons (Fsp3) is 0.583. The second-order valence-electron chi connectivity index (χ2n) is 9.04. The van der Waals surface area contributed by atoms with Crippen molar-refractivity contribution in [1.29, 1.82) is 0 Å². The Kier molecular flexibility index (Phi) is 7.92. The van der Waals surface area contributed by atoms with Crippen molar-refractivity contribution in [3.05, 3.63) is 39.6 Å². The SMILES string of the molecule is CCOC1=CC2NN=CC2C=C1NC(C)c1c(N=CN)sc2c1CCC(C(O)N(C)CCO)C2. The minimum Gasteiger partial charge on any atom is -0.492 e. The first-order valence-corrected chi connectivity index (χ1v) is 12.8. The zero-order chi connectivity index (χ0) is 24.2. The van der Waals surface area contributed by atoms with Gasteiger partial charge in [-0.3, -0.25) is 4.90 Å². The Balaban J connectivity index is 1.57. The lowest BCUT2D eigenvalue weighted by molar-refractivity contribution is -0.0349. The van der Waals surface area contributed by atoms with Gasteiger partial charge in [0.15, 0.2) is 0 Å². The highest BCUT2D eigenvalue weighted by Crippen LogP contribution is 2.45. The fourth-order valence-corrected chi connectivity index (χ4v) is 6.45. The number of ether oxygens (including phenoxy) is 1. The maximum absolute atomic E-state index is 10.8. The van der Waals surface area contributed by atoms with Crippen molar-refractivity contribution in [2.75, 3.05) is 26.8 Å². The van der Waals surface area contributed by atoms with Gasteiger partial charge in [-0.1, -0.05) is 0 Å². The second-order valence-corrected chi connectivity index (χ2v) is 10.1. The lowest BCUT2D eigenvalue weighted by Crippen LogP contribution is -2.41. The van der Waals surface area contributed by atoms with Crippen LogP contribution in [0.1, 0.15) is 42.3 Å². The van der Waals surface area contributed by atoms with E-state index in [4.69, 9.17) is 10.5 Å². The average Bonchev–Trinajstić information content (AvgIpc) is 3.42. The molecule has 0 saturated heterocycles. The van der Waals surface area contributed by atoms with E-state index in [9.17, 15) is 10.2 Å². The number of nitrogens with zero attached hydrogens (tertiary/aromatic N) is 3. The maximum atomic E-state index is 10.8. The number of hydrogen-bond acceptors (Lipinski definition) is 9. The zero-order valence-corrected chi connectivity index (χ0v) is 20.9. The molecule has 0 saturated carbocycles. The summed E-state index contributed by atoms with van der Waals surface area (Å²) in [7, 11) is 1.85. The first kappa shape index (κ1) is 24.7. The first-order valence-electron chi connectivity index (χ1n) is 12.0. The summed E-state index contributed by atoms with van der Waals surface area (Å²) in [6, 6.07) is 0.122. The Hall–Kier alpha value is -2.40. The Bertz CT molecular complexity index is 988. The number of aliphatic hydroxyl groups is 2. The molecule has 3 aliphatic rings. The van der Waals surface area contributed by atoms with Gasteiger partial charge in [-0.2, -0.15) is 5.10 Å². The molecular formula is C24H36N6O3S. The summed E-state index contributed by atoms with van der Waals surface area (Å²) >= 11 is 1.66. The summed E-state index contributed by atoms with van der Waals surface area (Å²) in [6.45, 7) is 5.20. The molecule has 0 amide bonds. The summed E-state index contributed by atoms with van der Waals surface area (Å²) in [4.78, 5) is 7.57. The summed E-state index contributed by atoms with van der Waals surface area (Å²) in [5.74, 6) is 1.14. The fourth-order valence-electron chi connectivity index (χ4n) is 5.06. The molecule has 6 N–H and O–H groups in total. The predicted octanol–water partition coefficient (Wildman–Crippen LogP) is 1.76. The molecule has 34 heavy (non-hydrogen) atoms. The van der Waals surface area contributed by atoms with Crippen molar-refractivity contribution in [3.63, 3.8) is 0 Å². The van der Waals surface area contributed by atoms with E-state index < -0.39 is 6.23 Å². The summed E-state index contributed by atoms with van der Waals surface area (Å²) in [5, 5.41) is 28.8. The molecule has 4 rings (SSSR count). The lowest BCUT2D eigenvalue weighted by atomic mass is 9.84. The number of rotatable bonds is 10. The number of thiophene rings is 1. The Morgan fingerprint density at radius 1 is 1.47 bits per heavy atom. The summed E-state index contributed by atoms with van der Waals surface area (Å²) in [6.07, 6.45) is 9.49. The van der Waals surface area contributed by atoms with Crippen LogP contribution in [0.5, 0.6) is 0 Å². The summed E-state index contributed by atoms with van der Waals surface area (Å²) < 4.78 is 5.93.